The monoisotopic (exact) mass is 183 g/mol. The van der Waals surface area contributed by atoms with Crippen LogP contribution in [0.25, 0.3) is 5.69 Å². The van der Waals surface area contributed by atoms with Crippen LogP contribution in [0.4, 0.5) is 0 Å². The summed E-state index contributed by atoms with van der Waals surface area (Å²) in [6, 6.07) is 7.86. The quantitative estimate of drug-likeness (QED) is 0.629. The molecule has 3 nitrogen and oxygen atoms in total. The van der Waals surface area contributed by atoms with E-state index in [1.807, 2.05) is 31.2 Å². The zero-order valence-electron chi connectivity index (χ0n) is 7.81. The minimum atomic E-state index is 0.990. The van der Waals surface area contributed by atoms with Crippen LogP contribution in [0.1, 0.15) is 12.5 Å². The third-order valence-corrected chi connectivity index (χ3v) is 1.82. The molecule has 68 valence electrons. The maximum absolute atomic E-state index is 3.89. The molecular weight excluding hydrogens is 174 g/mol. The maximum Gasteiger partial charge on any atom is 0.0697 e. The summed E-state index contributed by atoms with van der Waals surface area (Å²) in [5, 5.41) is 7.64. The maximum atomic E-state index is 3.89. The molecule has 0 spiro atoms. The molecule has 3 heteroatoms. The van der Waals surface area contributed by atoms with E-state index in [9.17, 15) is 0 Å². The van der Waals surface area contributed by atoms with Gasteiger partial charge in [0.25, 0.3) is 0 Å². The van der Waals surface area contributed by atoms with Gasteiger partial charge in [0.15, 0.2) is 0 Å². The average Bonchev–Trinajstić information content (AvgIpc) is 2.72. The van der Waals surface area contributed by atoms with Crippen LogP contribution < -0.4 is 0 Å². The summed E-state index contributed by atoms with van der Waals surface area (Å²) in [5.74, 6) is 5.84. The largest absolute Gasteiger partial charge is 0.221 e. The van der Waals surface area contributed by atoms with Crippen molar-refractivity contribution in [3.8, 4) is 17.5 Å². The number of hydrogen-bond acceptors (Lipinski definition) is 2. The smallest absolute Gasteiger partial charge is 0.0697 e. The second kappa shape index (κ2) is 3.75. The molecule has 1 heterocycles. The summed E-state index contributed by atoms with van der Waals surface area (Å²) in [7, 11) is 0. The van der Waals surface area contributed by atoms with Gasteiger partial charge in [-0.2, -0.15) is 0 Å². The standard InChI is InChI=1S/C11H9N3/c1-2-3-10-4-6-11(7-5-10)14-9-8-12-13-14/h4-9H,1H3. The molecular formula is C11H9N3. The van der Waals surface area contributed by atoms with Crippen molar-refractivity contribution >= 4 is 0 Å². The van der Waals surface area contributed by atoms with Crippen molar-refractivity contribution < 1.29 is 0 Å². The molecule has 0 radical (unpaired) electrons. The second-order valence-electron chi connectivity index (χ2n) is 2.77. The van der Waals surface area contributed by atoms with Crippen molar-refractivity contribution in [3.05, 3.63) is 42.2 Å². The third kappa shape index (κ3) is 1.64. The van der Waals surface area contributed by atoms with Crippen LogP contribution in [0.3, 0.4) is 0 Å². The number of benzene rings is 1. The molecule has 0 atom stereocenters. The molecule has 0 amide bonds. The van der Waals surface area contributed by atoms with Gasteiger partial charge in [0.1, 0.15) is 0 Å². The van der Waals surface area contributed by atoms with E-state index >= 15 is 0 Å². The molecule has 0 fully saturated rings. The SMILES string of the molecule is CC#Cc1ccc(-n2ccnn2)cc1. The van der Waals surface area contributed by atoms with Gasteiger partial charge >= 0.3 is 0 Å². The summed E-state index contributed by atoms with van der Waals surface area (Å²) in [6.07, 6.45) is 3.46. The minimum Gasteiger partial charge on any atom is -0.221 e. The van der Waals surface area contributed by atoms with Crippen LogP contribution in [0, 0.1) is 11.8 Å². The lowest BCUT2D eigenvalue weighted by Gasteiger charge is -1.98. The Hall–Kier alpha value is -2.08. The van der Waals surface area contributed by atoms with Gasteiger partial charge in [-0.15, -0.1) is 11.0 Å². The van der Waals surface area contributed by atoms with Crippen molar-refractivity contribution in [1.29, 1.82) is 0 Å². The second-order valence-corrected chi connectivity index (χ2v) is 2.77. The molecule has 0 saturated carbocycles. The van der Waals surface area contributed by atoms with Crippen LogP contribution in [0.2, 0.25) is 0 Å². The lowest BCUT2D eigenvalue weighted by Crippen LogP contribution is -1.94. The van der Waals surface area contributed by atoms with Crippen LogP contribution >= 0.6 is 0 Å². The normalized spacial score (nSPS) is 9.21. The van der Waals surface area contributed by atoms with E-state index in [-0.39, 0.29) is 0 Å². The molecule has 0 aliphatic rings. The first-order valence-corrected chi connectivity index (χ1v) is 4.29. The Morgan fingerprint density at radius 2 is 2.00 bits per heavy atom. The van der Waals surface area contributed by atoms with Gasteiger partial charge in [-0.1, -0.05) is 11.1 Å². The number of hydrogen-bond donors (Lipinski definition) is 0. The first-order valence-electron chi connectivity index (χ1n) is 4.29. The van der Waals surface area contributed by atoms with Gasteiger partial charge < -0.3 is 0 Å². The molecule has 0 N–H and O–H groups in total. The third-order valence-electron chi connectivity index (χ3n) is 1.82. The fraction of sp³-hybridized carbons (Fsp3) is 0.0909. The Bertz CT molecular complexity index is 457. The van der Waals surface area contributed by atoms with Crippen molar-refractivity contribution in [2.45, 2.75) is 6.92 Å². The lowest BCUT2D eigenvalue weighted by atomic mass is 10.2. The number of rotatable bonds is 1. The van der Waals surface area contributed by atoms with E-state index in [2.05, 4.69) is 22.2 Å². The fourth-order valence-corrected chi connectivity index (χ4v) is 1.19. The summed E-state index contributed by atoms with van der Waals surface area (Å²) in [6.45, 7) is 1.82. The molecule has 1 aromatic heterocycles. The van der Waals surface area contributed by atoms with Gasteiger partial charge in [0.2, 0.25) is 0 Å². The van der Waals surface area contributed by atoms with E-state index in [4.69, 9.17) is 0 Å². The molecule has 0 saturated heterocycles. The molecule has 2 rings (SSSR count). The van der Waals surface area contributed by atoms with Gasteiger partial charge in [0, 0.05) is 5.56 Å². The van der Waals surface area contributed by atoms with E-state index in [0.717, 1.165) is 11.3 Å². The van der Waals surface area contributed by atoms with Gasteiger partial charge in [-0.25, -0.2) is 4.68 Å². The highest BCUT2D eigenvalue weighted by atomic mass is 15.4. The predicted octanol–water partition coefficient (Wildman–Crippen LogP) is 1.64. The zero-order valence-corrected chi connectivity index (χ0v) is 7.81. The molecule has 14 heavy (non-hydrogen) atoms. The van der Waals surface area contributed by atoms with Crippen LogP contribution in [-0.2, 0) is 0 Å². The lowest BCUT2D eigenvalue weighted by molar-refractivity contribution is 0.803. The van der Waals surface area contributed by atoms with Crippen LogP contribution in [-0.4, -0.2) is 15.0 Å². The van der Waals surface area contributed by atoms with Gasteiger partial charge in [-0.3, -0.25) is 0 Å². The van der Waals surface area contributed by atoms with Gasteiger partial charge in [-0.05, 0) is 31.2 Å². The highest BCUT2D eigenvalue weighted by molar-refractivity contribution is 5.40. The highest BCUT2D eigenvalue weighted by Crippen LogP contribution is 2.06. The fourth-order valence-electron chi connectivity index (χ4n) is 1.19. The summed E-state index contributed by atoms with van der Waals surface area (Å²) in [5.41, 5.74) is 2.00. The first-order chi connectivity index (χ1) is 6.90. The van der Waals surface area contributed by atoms with E-state index < -0.39 is 0 Å². The van der Waals surface area contributed by atoms with Crippen molar-refractivity contribution in [1.82, 2.24) is 15.0 Å². The minimum absolute atomic E-state index is 0.990. The topological polar surface area (TPSA) is 30.7 Å². The summed E-state index contributed by atoms with van der Waals surface area (Å²) >= 11 is 0. The molecule has 2 aromatic rings. The average molecular weight is 183 g/mol. The predicted molar refractivity (Wildman–Crippen MR) is 53.9 cm³/mol. The Labute approximate surface area is 82.4 Å². The number of nitrogens with zero attached hydrogens (tertiary/aromatic N) is 3. The van der Waals surface area contributed by atoms with Crippen LogP contribution in [0.5, 0.6) is 0 Å². The van der Waals surface area contributed by atoms with Crippen molar-refractivity contribution in [2.24, 2.45) is 0 Å². The highest BCUT2D eigenvalue weighted by Gasteiger charge is 1.95. The first kappa shape index (κ1) is 8.52. The van der Waals surface area contributed by atoms with E-state index in [0.29, 0.717) is 0 Å². The van der Waals surface area contributed by atoms with Crippen molar-refractivity contribution in [2.75, 3.05) is 0 Å². The van der Waals surface area contributed by atoms with Crippen molar-refractivity contribution in [3.63, 3.8) is 0 Å². The van der Waals surface area contributed by atoms with Crippen LogP contribution in [0.15, 0.2) is 36.7 Å². The molecule has 0 aliphatic carbocycles. The summed E-state index contributed by atoms with van der Waals surface area (Å²) in [4.78, 5) is 0. The summed E-state index contributed by atoms with van der Waals surface area (Å²) < 4.78 is 1.71. The molecule has 0 unspecified atom stereocenters. The number of aromatic nitrogens is 3. The Morgan fingerprint density at radius 1 is 1.21 bits per heavy atom. The van der Waals surface area contributed by atoms with Gasteiger partial charge in [0.05, 0.1) is 18.1 Å². The Kier molecular flexibility index (Phi) is 2.28. The molecule has 0 bridgehead atoms. The molecule has 0 aliphatic heterocycles. The Balaban J connectivity index is 2.34. The molecule has 1 aromatic carbocycles. The zero-order chi connectivity index (χ0) is 9.80. The van der Waals surface area contributed by atoms with E-state index in [1.54, 1.807) is 17.1 Å². The Morgan fingerprint density at radius 3 is 2.57 bits per heavy atom. The van der Waals surface area contributed by atoms with E-state index in [1.165, 1.54) is 0 Å².